The van der Waals surface area contributed by atoms with E-state index in [1.165, 1.54) is 12.1 Å². The molecule has 2 N–H and O–H groups in total. The van der Waals surface area contributed by atoms with Gasteiger partial charge in [-0.1, -0.05) is 18.2 Å². The monoisotopic (exact) mass is 242 g/mol. The zero-order valence-electron chi connectivity index (χ0n) is 9.33. The molecule has 6 nitrogen and oxygen atoms in total. The molecule has 0 saturated carbocycles. The van der Waals surface area contributed by atoms with Gasteiger partial charge in [0.15, 0.2) is 0 Å². The lowest BCUT2D eigenvalue weighted by atomic mass is 10.2. The number of non-ortho nitro benzene ring substituents is 1. The molecule has 0 atom stereocenters. The Morgan fingerprint density at radius 3 is 2.61 bits per heavy atom. The molecular formula is C12H10N4O2. The van der Waals surface area contributed by atoms with Gasteiger partial charge in [-0.3, -0.25) is 15.1 Å². The van der Waals surface area contributed by atoms with Gasteiger partial charge in [-0.25, -0.2) is 0 Å². The van der Waals surface area contributed by atoms with Crippen LogP contribution in [-0.4, -0.2) is 4.92 Å². The summed E-state index contributed by atoms with van der Waals surface area (Å²) in [5.74, 6) is 0. The Bertz CT molecular complexity index is 600. The first-order valence-electron chi connectivity index (χ1n) is 5.41. The number of nitro groups is 1. The molecule has 0 unspecified atom stereocenters. The molecule has 0 spiro atoms. The molecule has 0 radical (unpaired) electrons. The van der Waals surface area contributed by atoms with Crippen molar-refractivity contribution < 1.29 is 4.92 Å². The molecule has 2 aromatic carbocycles. The Balaban J connectivity index is 2.00. The molecule has 0 bridgehead atoms. The van der Waals surface area contributed by atoms with Gasteiger partial charge in [0.1, 0.15) is 0 Å². The van der Waals surface area contributed by atoms with E-state index in [4.69, 9.17) is 0 Å². The summed E-state index contributed by atoms with van der Waals surface area (Å²) in [5.41, 5.74) is 8.45. The summed E-state index contributed by atoms with van der Waals surface area (Å²) in [6.45, 7) is 0. The van der Waals surface area contributed by atoms with Crippen molar-refractivity contribution in [3.05, 3.63) is 58.6 Å². The van der Waals surface area contributed by atoms with Crippen LogP contribution in [-0.2, 0) is 0 Å². The largest absolute Gasteiger partial charge is 0.301 e. The molecule has 0 saturated heterocycles. The van der Waals surface area contributed by atoms with Crippen LogP contribution in [0.2, 0.25) is 0 Å². The van der Waals surface area contributed by atoms with E-state index in [9.17, 15) is 10.1 Å². The van der Waals surface area contributed by atoms with Crippen LogP contribution in [0.3, 0.4) is 0 Å². The van der Waals surface area contributed by atoms with Gasteiger partial charge in [0.05, 0.1) is 22.0 Å². The number of hydrazine groups is 2. The lowest BCUT2D eigenvalue weighted by Gasteiger charge is -2.17. The third kappa shape index (κ3) is 1.64. The van der Waals surface area contributed by atoms with E-state index >= 15 is 0 Å². The van der Waals surface area contributed by atoms with Gasteiger partial charge in [-0.05, 0) is 18.2 Å². The molecule has 1 aliphatic rings. The van der Waals surface area contributed by atoms with Crippen LogP contribution in [0, 0.1) is 10.1 Å². The van der Waals surface area contributed by atoms with Crippen molar-refractivity contribution in [2.45, 2.75) is 0 Å². The highest BCUT2D eigenvalue weighted by Crippen LogP contribution is 2.36. The maximum absolute atomic E-state index is 10.7. The predicted molar refractivity (Wildman–Crippen MR) is 68.4 cm³/mol. The number of benzene rings is 2. The normalized spacial score (nSPS) is 13.0. The fourth-order valence-electron chi connectivity index (χ4n) is 1.89. The summed E-state index contributed by atoms with van der Waals surface area (Å²) >= 11 is 0. The molecule has 3 rings (SSSR count). The number of hydrogen-bond acceptors (Lipinski definition) is 5. The highest BCUT2D eigenvalue weighted by molar-refractivity contribution is 5.80. The fraction of sp³-hybridized carbons (Fsp3) is 0. The molecule has 0 aromatic heterocycles. The lowest BCUT2D eigenvalue weighted by Crippen LogP contribution is -2.31. The minimum Gasteiger partial charge on any atom is -0.301 e. The van der Waals surface area contributed by atoms with Crippen LogP contribution < -0.4 is 16.0 Å². The van der Waals surface area contributed by atoms with E-state index in [-0.39, 0.29) is 5.69 Å². The minimum atomic E-state index is -0.410. The SMILES string of the molecule is O=[N+]([O-])c1ccc2c(c1)NNN2c1ccccc1. The molecule has 1 heterocycles. The second-order valence-corrected chi connectivity index (χ2v) is 3.87. The molecular weight excluding hydrogens is 232 g/mol. The Morgan fingerprint density at radius 2 is 1.89 bits per heavy atom. The number of para-hydroxylation sites is 1. The standard InChI is InChI=1S/C12H10N4O2/c17-16(18)10-6-7-12-11(8-10)13-14-15(12)9-4-2-1-3-5-9/h1-8,13-14H. The van der Waals surface area contributed by atoms with E-state index in [0.29, 0.717) is 5.69 Å². The second-order valence-electron chi connectivity index (χ2n) is 3.87. The molecule has 0 amide bonds. The van der Waals surface area contributed by atoms with Gasteiger partial charge in [-0.15, -0.1) is 5.53 Å². The summed E-state index contributed by atoms with van der Waals surface area (Å²) in [6, 6.07) is 14.4. The molecule has 2 aromatic rings. The van der Waals surface area contributed by atoms with Gasteiger partial charge in [0.2, 0.25) is 0 Å². The first-order chi connectivity index (χ1) is 8.75. The summed E-state index contributed by atoms with van der Waals surface area (Å²) in [6.07, 6.45) is 0. The number of hydrogen-bond donors (Lipinski definition) is 2. The highest BCUT2D eigenvalue weighted by Gasteiger charge is 2.22. The zero-order chi connectivity index (χ0) is 12.5. The highest BCUT2D eigenvalue weighted by atomic mass is 16.6. The van der Waals surface area contributed by atoms with Crippen molar-refractivity contribution in [2.75, 3.05) is 10.4 Å². The Labute approximate surface area is 103 Å². The first-order valence-corrected chi connectivity index (χ1v) is 5.41. The van der Waals surface area contributed by atoms with E-state index in [2.05, 4.69) is 11.0 Å². The van der Waals surface area contributed by atoms with Crippen molar-refractivity contribution in [2.24, 2.45) is 0 Å². The van der Waals surface area contributed by atoms with Gasteiger partial charge in [0, 0.05) is 12.1 Å². The summed E-state index contributed by atoms with van der Waals surface area (Å²) < 4.78 is 0. The Hall–Kier alpha value is -2.60. The maximum atomic E-state index is 10.7. The number of nitro benzene ring substituents is 1. The van der Waals surface area contributed by atoms with Crippen molar-refractivity contribution in [1.29, 1.82) is 0 Å². The minimum absolute atomic E-state index is 0.0676. The smallest absolute Gasteiger partial charge is 0.271 e. The van der Waals surface area contributed by atoms with Gasteiger partial charge < -0.3 is 5.43 Å². The van der Waals surface area contributed by atoms with Crippen LogP contribution in [0.1, 0.15) is 0 Å². The molecule has 90 valence electrons. The quantitative estimate of drug-likeness (QED) is 0.625. The Morgan fingerprint density at radius 1 is 1.11 bits per heavy atom. The van der Waals surface area contributed by atoms with E-state index in [1.807, 2.05) is 35.3 Å². The predicted octanol–water partition coefficient (Wildman–Crippen LogP) is 2.58. The summed E-state index contributed by atoms with van der Waals surface area (Å²) in [5, 5.41) is 12.5. The number of rotatable bonds is 2. The number of nitrogens with one attached hydrogen (secondary N) is 2. The van der Waals surface area contributed by atoms with E-state index < -0.39 is 4.92 Å². The number of anilines is 3. The van der Waals surface area contributed by atoms with Crippen LogP contribution in [0.5, 0.6) is 0 Å². The first kappa shape index (κ1) is 10.5. The second kappa shape index (κ2) is 4.01. The lowest BCUT2D eigenvalue weighted by molar-refractivity contribution is -0.384. The average molecular weight is 242 g/mol. The molecule has 6 heteroatoms. The topological polar surface area (TPSA) is 70.4 Å². The molecule has 18 heavy (non-hydrogen) atoms. The molecule has 0 fully saturated rings. The summed E-state index contributed by atoms with van der Waals surface area (Å²) in [4.78, 5) is 10.3. The molecule has 1 aliphatic heterocycles. The third-order valence-electron chi connectivity index (χ3n) is 2.75. The number of fused-ring (bicyclic) bond motifs is 1. The van der Waals surface area contributed by atoms with Gasteiger partial charge >= 0.3 is 0 Å². The fourth-order valence-corrected chi connectivity index (χ4v) is 1.89. The van der Waals surface area contributed by atoms with Crippen LogP contribution >= 0.6 is 0 Å². The maximum Gasteiger partial charge on any atom is 0.271 e. The zero-order valence-corrected chi connectivity index (χ0v) is 9.33. The molecule has 0 aliphatic carbocycles. The van der Waals surface area contributed by atoms with Crippen LogP contribution in [0.4, 0.5) is 22.7 Å². The number of nitrogens with zero attached hydrogens (tertiary/aromatic N) is 2. The Kier molecular flexibility index (Phi) is 2.35. The van der Waals surface area contributed by atoms with Crippen molar-refractivity contribution >= 4 is 22.7 Å². The van der Waals surface area contributed by atoms with E-state index in [1.54, 1.807) is 6.07 Å². The average Bonchev–Trinajstić information content (AvgIpc) is 2.82. The van der Waals surface area contributed by atoms with Gasteiger partial charge in [0.25, 0.3) is 5.69 Å². The van der Waals surface area contributed by atoms with E-state index in [0.717, 1.165) is 11.4 Å². The third-order valence-corrected chi connectivity index (χ3v) is 2.75. The van der Waals surface area contributed by atoms with Crippen molar-refractivity contribution in [3.63, 3.8) is 0 Å². The van der Waals surface area contributed by atoms with Crippen molar-refractivity contribution in [1.82, 2.24) is 5.53 Å². The summed E-state index contributed by atoms with van der Waals surface area (Å²) in [7, 11) is 0. The van der Waals surface area contributed by atoms with Gasteiger partial charge in [-0.2, -0.15) is 0 Å². The van der Waals surface area contributed by atoms with Crippen LogP contribution in [0.25, 0.3) is 0 Å². The van der Waals surface area contributed by atoms with Crippen molar-refractivity contribution in [3.8, 4) is 0 Å². The van der Waals surface area contributed by atoms with Crippen LogP contribution in [0.15, 0.2) is 48.5 Å².